The van der Waals surface area contributed by atoms with E-state index in [1.165, 1.54) is 0 Å². The van der Waals surface area contributed by atoms with E-state index in [1.54, 1.807) is 6.92 Å². The van der Waals surface area contributed by atoms with E-state index < -0.39 is 0 Å². The number of Topliss-reactive ketones (excluding diaryl/α,β-unsaturated/α-hetero) is 1. The Morgan fingerprint density at radius 2 is 2.00 bits per heavy atom. The Hall–Kier alpha value is 1.79. The van der Waals surface area contributed by atoms with Gasteiger partial charge in [-0.3, -0.25) is 9.69 Å². The van der Waals surface area contributed by atoms with Crippen LogP contribution in [0.4, 0.5) is 0 Å². The minimum atomic E-state index is 0. The molecule has 1 heterocycles. The number of hydrogen-bond acceptors (Lipinski definition) is 3. The van der Waals surface area contributed by atoms with Gasteiger partial charge >= 0.3 is 58.2 Å². The van der Waals surface area contributed by atoms with Crippen LogP contribution in [-0.2, 0) is 17.4 Å². The second kappa shape index (κ2) is 7.13. The quantitative estimate of drug-likeness (QED) is 0.514. The van der Waals surface area contributed by atoms with Crippen LogP contribution in [0.15, 0.2) is 0 Å². The zero-order chi connectivity index (χ0) is 8.27. The fraction of sp³-hybridized carbons (Fsp3) is 0.875. The van der Waals surface area contributed by atoms with Crippen molar-refractivity contribution in [2.24, 2.45) is 0 Å². The summed E-state index contributed by atoms with van der Waals surface area (Å²) in [7, 11) is 0. The van der Waals surface area contributed by atoms with Gasteiger partial charge in [0, 0.05) is 0 Å². The Morgan fingerprint density at radius 3 is 2.42 bits per heavy atom. The first kappa shape index (κ1) is 13.8. The van der Waals surface area contributed by atoms with Gasteiger partial charge in [0.2, 0.25) is 0 Å². The van der Waals surface area contributed by atoms with Crippen LogP contribution in [0.1, 0.15) is 19.8 Å². The van der Waals surface area contributed by atoms with Gasteiger partial charge in [0.1, 0.15) is 5.78 Å². The van der Waals surface area contributed by atoms with E-state index in [1.807, 2.05) is 0 Å². The van der Waals surface area contributed by atoms with Crippen LogP contribution >= 0.6 is 0 Å². The van der Waals surface area contributed by atoms with Crippen LogP contribution in [0.25, 0.3) is 0 Å². The van der Waals surface area contributed by atoms with Gasteiger partial charge in [-0.25, -0.2) is 0 Å². The van der Waals surface area contributed by atoms with Gasteiger partial charge in [-0.2, -0.15) is 5.25 Å². The summed E-state index contributed by atoms with van der Waals surface area (Å²) < 4.78 is 0. The normalized spacial score (nSPS) is 20.2. The van der Waals surface area contributed by atoms with Crippen molar-refractivity contribution < 1.29 is 63.0 Å². The molecule has 2 nitrogen and oxygen atoms in total. The second-order valence-corrected chi connectivity index (χ2v) is 3.84. The van der Waals surface area contributed by atoms with Gasteiger partial charge in [-0.1, -0.05) is 12.8 Å². The van der Waals surface area contributed by atoms with E-state index in [-0.39, 0.29) is 64.0 Å². The van der Waals surface area contributed by atoms with E-state index in [0.717, 1.165) is 25.9 Å². The monoisotopic (exact) mass is 257 g/mol. The standard InChI is InChI=1S/C8H15NOS.Rb/c1-7(10)6-9-4-2-8(11)3-5-9;/h8,11H,2-6H2,1H3;/q;+1/p-1. The first-order valence-electron chi connectivity index (χ1n) is 4.06. The largest absolute Gasteiger partial charge is 1.00 e. The smallest absolute Gasteiger partial charge is 0.789 e. The number of carbonyl (C=O) groups is 1. The number of hydrogen-bond donors (Lipinski definition) is 0. The zero-order valence-corrected chi connectivity index (χ0v) is 13.6. The molecule has 1 saturated heterocycles. The predicted octanol–water partition coefficient (Wildman–Crippen LogP) is -2.41. The van der Waals surface area contributed by atoms with E-state index in [9.17, 15) is 4.79 Å². The van der Waals surface area contributed by atoms with Crippen LogP contribution in [-0.4, -0.2) is 35.6 Å². The first-order chi connectivity index (χ1) is 5.18. The van der Waals surface area contributed by atoms with Gasteiger partial charge in [0.05, 0.1) is 6.54 Å². The van der Waals surface area contributed by atoms with Crippen LogP contribution in [0.2, 0.25) is 0 Å². The number of carbonyl (C=O) groups excluding carboxylic acids is 1. The summed E-state index contributed by atoms with van der Waals surface area (Å²) >= 11 is 5.14. The molecule has 0 unspecified atom stereocenters. The average molecular weight is 258 g/mol. The zero-order valence-electron chi connectivity index (χ0n) is 7.88. The maximum absolute atomic E-state index is 10.7. The van der Waals surface area contributed by atoms with E-state index in [4.69, 9.17) is 12.6 Å². The Morgan fingerprint density at radius 1 is 1.50 bits per heavy atom. The van der Waals surface area contributed by atoms with Crippen LogP contribution in [0, 0.1) is 0 Å². The molecule has 0 radical (unpaired) electrons. The molecule has 0 aromatic carbocycles. The fourth-order valence-electron chi connectivity index (χ4n) is 1.38. The van der Waals surface area contributed by atoms with Gasteiger partial charge in [-0.05, 0) is 20.0 Å². The van der Waals surface area contributed by atoms with Gasteiger partial charge in [0.15, 0.2) is 0 Å². The Balaban J connectivity index is 0.00000121. The Bertz CT molecular complexity index is 146. The second-order valence-electron chi connectivity index (χ2n) is 3.18. The number of ketones is 1. The molecule has 1 fully saturated rings. The van der Waals surface area contributed by atoms with Crippen molar-refractivity contribution in [1.82, 2.24) is 4.90 Å². The molecular formula is C8H14NORbS. The molecule has 0 saturated carbocycles. The molecule has 1 aliphatic rings. The molecule has 1 rings (SSSR count). The van der Waals surface area contributed by atoms with Gasteiger partial charge in [-0.15, -0.1) is 0 Å². The minimum absolute atomic E-state index is 0. The van der Waals surface area contributed by atoms with Crippen LogP contribution < -0.4 is 58.2 Å². The molecule has 1 aliphatic heterocycles. The third-order valence-electron chi connectivity index (χ3n) is 1.98. The molecule has 0 bridgehead atoms. The van der Waals surface area contributed by atoms with Crippen molar-refractivity contribution in [1.29, 1.82) is 0 Å². The summed E-state index contributed by atoms with van der Waals surface area (Å²) in [5, 5.41) is 0.443. The van der Waals surface area contributed by atoms with Crippen molar-refractivity contribution in [3.63, 3.8) is 0 Å². The van der Waals surface area contributed by atoms with Crippen molar-refractivity contribution in [2.75, 3.05) is 19.6 Å². The molecule has 0 N–H and O–H groups in total. The van der Waals surface area contributed by atoms with Crippen LogP contribution in [0.3, 0.4) is 0 Å². The summed E-state index contributed by atoms with van der Waals surface area (Å²) in [5.74, 6) is 0.257. The Kier molecular flexibility index (Phi) is 8.19. The van der Waals surface area contributed by atoms with E-state index >= 15 is 0 Å². The predicted molar refractivity (Wildman–Crippen MR) is 47.5 cm³/mol. The van der Waals surface area contributed by atoms with Crippen molar-refractivity contribution >= 4 is 18.4 Å². The third kappa shape index (κ3) is 5.50. The Labute approximate surface area is 129 Å². The molecule has 4 heteroatoms. The molecule has 0 atom stereocenters. The van der Waals surface area contributed by atoms with Crippen molar-refractivity contribution in [3.05, 3.63) is 0 Å². The number of likely N-dealkylation sites (tertiary alicyclic amines) is 1. The average Bonchev–Trinajstić information content (AvgIpc) is 1.93. The summed E-state index contributed by atoms with van der Waals surface area (Å²) in [6, 6.07) is 0. The molecule has 0 amide bonds. The minimum Gasteiger partial charge on any atom is -0.789 e. The summed E-state index contributed by atoms with van der Waals surface area (Å²) in [6.45, 7) is 4.27. The van der Waals surface area contributed by atoms with Crippen LogP contribution in [0.5, 0.6) is 0 Å². The molecular weight excluding hydrogens is 244 g/mol. The molecule has 0 aromatic rings. The molecule has 0 aromatic heterocycles. The number of rotatable bonds is 2. The van der Waals surface area contributed by atoms with Crippen molar-refractivity contribution in [3.8, 4) is 0 Å². The SMILES string of the molecule is CC(=O)CN1CCC([S-])CC1.[Rb+]. The van der Waals surface area contributed by atoms with E-state index in [2.05, 4.69) is 4.90 Å². The maximum Gasteiger partial charge on any atom is 1.00 e. The summed E-state index contributed by atoms with van der Waals surface area (Å²) in [5.41, 5.74) is 0. The fourth-order valence-corrected chi connectivity index (χ4v) is 1.59. The maximum atomic E-state index is 10.7. The van der Waals surface area contributed by atoms with Crippen molar-refractivity contribution in [2.45, 2.75) is 25.0 Å². The summed E-state index contributed by atoms with van der Waals surface area (Å²) in [4.78, 5) is 12.9. The molecule has 0 aliphatic carbocycles. The molecule has 12 heavy (non-hydrogen) atoms. The molecule has 64 valence electrons. The van der Waals surface area contributed by atoms with Gasteiger partial charge < -0.3 is 12.6 Å². The molecule has 0 spiro atoms. The summed E-state index contributed by atoms with van der Waals surface area (Å²) in [6.07, 6.45) is 2.14. The topological polar surface area (TPSA) is 20.3 Å². The third-order valence-corrected chi connectivity index (χ3v) is 2.45. The van der Waals surface area contributed by atoms with E-state index in [0.29, 0.717) is 11.8 Å². The first-order valence-corrected chi connectivity index (χ1v) is 4.53. The number of piperidine rings is 1. The number of nitrogens with zero attached hydrogens (tertiary/aromatic N) is 1. The van der Waals surface area contributed by atoms with Gasteiger partial charge in [0.25, 0.3) is 0 Å².